The molecule has 7 nitrogen and oxygen atoms in total. The maximum Gasteiger partial charge on any atom is 0.271 e. The molecule has 1 aliphatic heterocycles. The molecular formula is C14H12N6O. The smallest absolute Gasteiger partial charge is 0.271 e. The molecule has 0 aliphatic carbocycles. The quantitative estimate of drug-likeness (QED) is 0.491. The molecule has 21 heavy (non-hydrogen) atoms. The number of hydrogen-bond donors (Lipinski definition) is 0. The number of nitrogens with zero attached hydrogens (tertiary/aromatic N) is 6. The van der Waals surface area contributed by atoms with Crippen LogP contribution in [0.4, 0.5) is 5.69 Å². The van der Waals surface area contributed by atoms with Crippen molar-refractivity contribution in [2.24, 2.45) is 10.1 Å². The van der Waals surface area contributed by atoms with Gasteiger partial charge >= 0.3 is 0 Å². The van der Waals surface area contributed by atoms with Crippen LogP contribution in [0, 0.1) is 0 Å². The van der Waals surface area contributed by atoms with E-state index in [1.165, 1.54) is 10.7 Å². The maximum atomic E-state index is 12.2. The molecule has 0 fully saturated rings. The summed E-state index contributed by atoms with van der Waals surface area (Å²) in [6, 6.07) is 10.4. The molecule has 1 aliphatic rings. The van der Waals surface area contributed by atoms with Gasteiger partial charge in [-0.2, -0.15) is 9.78 Å². The Morgan fingerprint density at radius 1 is 1.29 bits per heavy atom. The number of rotatable bonds is 3. The number of aliphatic imine (C=N–C) groups is 1. The molecule has 0 radical (unpaired) electrons. The van der Waals surface area contributed by atoms with Crippen LogP contribution in [0.3, 0.4) is 0 Å². The van der Waals surface area contributed by atoms with Crippen molar-refractivity contribution in [2.45, 2.75) is 12.8 Å². The molecular weight excluding hydrogens is 268 g/mol. The van der Waals surface area contributed by atoms with Crippen molar-refractivity contribution in [1.29, 1.82) is 0 Å². The van der Waals surface area contributed by atoms with Crippen LogP contribution in [-0.2, 0) is 0 Å². The third-order valence-corrected chi connectivity index (χ3v) is 3.21. The summed E-state index contributed by atoms with van der Waals surface area (Å²) in [7, 11) is 0. The Kier molecular flexibility index (Phi) is 3.49. The largest absolute Gasteiger partial charge is 0.287 e. The molecule has 0 N–H and O–H groups in total. The molecule has 0 spiro atoms. The van der Waals surface area contributed by atoms with E-state index in [0.29, 0.717) is 11.4 Å². The summed E-state index contributed by atoms with van der Waals surface area (Å²) in [6.07, 6.45) is 1.71. The summed E-state index contributed by atoms with van der Waals surface area (Å²) in [4.78, 5) is 19.3. The van der Waals surface area contributed by atoms with E-state index in [-0.39, 0.29) is 11.2 Å². The third-order valence-electron chi connectivity index (χ3n) is 3.21. The van der Waals surface area contributed by atoms with Gasteiger partial charge in [0.25, 0.3) is 5.56 Å². The van der Waals surface area contributed by atoms with E-state index in [1.807, 2.05) is 18.2 Å². The fraction of sp³-hybridized carbons (Fsp3) is 0.214. The summed E-state index contributed by atoms with van der Waals surface area (Å²) >= 11 is 0. The first kappa shape index (κ1) is 13.1. The van der Waals surface area contributed by atoms with Crippen molar-refractivity contribution < 1.29 is 0 Å². The van der Waals surface area contributed by atoms with Crippen LogP contribution in [0.15, 0.2) is 51.3 Å². The standard InChI is InChI=1S/C14H12N6O/c15-19-17-12-9-13(21)20(10-5-2-1-3-6-10)18-14(12)11-7-4-8-16-11/h1-3,5-6,9H,4,7-8H2. The lowest BCUT2D eigenvalue weighted by molar-refractivity contribution is 0.799. The normalized spacial score (nSPS) is 13.6. The van der Waals surface area contributed by atoms with Gasteiger partial charge in [0.05, 0.1) is 17.1 Å². The molecule has 2 heterocycles. The average Bonchev–Trinajstić information content (AvgIpc) is 3.03. The van der Waals surface area contributed by atoms with Gasteiger partial charge in [0.1, 0.15) is 5.69 Å². The Balaban J connectivity index is 2.22. The fourth-order valence-electron chi connectivity index (χ4n) is 2.26. The van der Waals surface area contributed by atoms with E-state index < -0.39 is 0 Å². The van der Waals surface area contributed by atoms with Crippen LogP contribution >= 0.6 is 0 Å². The van der Waals surface area contributed by atoms with Crippen LogP contribution in [0.25, 0.3) is 16.1 Å². The molecule has 3 rings (SSSR count). The Labute approximate surface area is 120 Å². The van der Waals surface area contributed by atoms with Gasteiger partial charge in [-0.1, -0.05) is 23.3 Å². The molecule has 0 bridgehead atoms. The van der Waals surface area contributed by atoms with Gasteiger partial charge in [-0.3, -0.25) is 9.79 Å². The summed E-state index contributed by atoms with van der Waals surface area (Å²) in [5, 5.41) is 7.92. The minimum atomic E-state index is -0.342. The topological polar surface area (TPSA) is 96.0 Å². The van der Waals surface area contributed by atoms with Crippen molar-refractivity contribution >= 4 is 11.4 Å². The van der Waals surface area contributed by atoms with Crippen molar-refractivity contribution in [3.8, 4) is 5.69 Å². The predicted molar refractivity (Wildman–Crippen MR) is 79.3 cm³/mol. The SMILES string of the molecule is [N-]=[N+]=Nc1cc(=O)n(-c2ccccc2)nc1C1=NCCC1. The highest BCUT2D eigenvalue weighted by Crippen LogP contribution is 2.21. The maximum absolute atomic E-state index is 12.2. The van der Waals surface area contributed by atoms with Crippen molar-refractivity contribution in [3.05, 3.63) is 62.9 Å². The Hall–Kier alpha value is -2.92. The Bertz CT molecular complexity index is 802. The molecule has 0 saturated carbocycles. The second-order valence-electron chi connectivity index (χ2n) is 4.59. The first-order chi connectivity index (χ1) is 10.3. The number of azide groups is 1. The molecule has 104 valence electrons. The molecule has 2 aromatic rings. The molecule has 1 aromatic heterocycles. The van der Waals surface area contributed by atoms with Crippen LogP contribution in [0.1, 0.15) is 18.5 Å². The van der Waals surface area contributed by atoms with Gasteiger partial charge in [-0.15, -0.1) is 0 Å². The van der Waals surface area contributed by atoms with Crippen LogP contribution in [-0.4, -0.2) is 22.0 Å². The summed E-state index contributed by atoms with van der Waals surface area (Å²) in [5.41, 5.74) is 10.5. The van der Waals surface area contributed by atoms with Crippen molar-refractivity contribution in [3.63, 3.8) is 0 Å². The highest BCUT2D eigenvalue weighted by atomic mass is 16.1. The highest BCUT2D eigenvalue weighted by Gasteiger charge is 2.17. The molecule has 1 aromatic carbocycles. The second kappa shape index (κ2) is 5.60. The van der Waals surface area contributed by atoms with Gasteiger partial charge in [-0.25, -0.2) is 0 Å². The zero-order valence-corrected chi connectivity index (χ0v) is 11.2. The molecule has 0 atom stereocenters. The van der Waals surface area contributed by atoms with Crippen molar-refractivity contribution in [1.82, 2.24) is 9.78 Å². The number of para-hydroxylation sites is 1. The fourth-order valence-corrected chi connectivity index (χ4v) is 2.26. The lowest BCUT2D eigenvalue weighted by Crippen LogP contribution is -2.23. The number of benzene rings is 1. The van der Waals surface area contributed by atoms with E-state index in [2.05, 4.69) is 20.1 Å². The van der Waals surface area contributed by atoms with Crippen molar-refractivity contribution in [2.75, 3.05) is 6.54 Å². The summed E-state index contributed by atoms with van der Waals surface area (Å²) in [6.45, 7) is 0.733. The van der Waals surface area contributed by atoms with E-state index in [0.717, 1.165) is 25.1 Å². The minimum Gasteiger partial charge on any atom is -0.287 e. The van der Waals surface area contributed by atoms with Gasteiger partial charge < -0.3 is 0 Å². The average molecular weight is 280 g/mol. The lowest BCUT2D eigenvalue weighted by atomic mass is 10.1. The first-order valence-electron chi connectivity index (χ1n) is 6.58. The monoisotopic (exact) mass is 280 g/mol. The lowest BCUT2D eigenvalue weighted by Gasteiger charge is -2.09. The third kappa shape index (κ3) is 2.54. The van der Waals surface area contributed by atoms with Gasteiger partial charge in [0.15, 0.2) is 0 Å². The van der Waals surface area contributed by atoms with Gasteiger partial charge in [-0.05, 0) is 30.5 Å². The van der Waals surface area contributed by atoms with Crippen LogP contribution in [0.2, 0.25) is 0 Å². The summed E-state index contributed by atoms with van der Waals surface area (Å²) in [5.74, 6) is 0. The minimum absolute atomic E-state index is 0.232. The van der Waals surface area contributed by atoms with Gasteiger partial charge in [0.2, 0.25) is 0 Å². The van der Waals surface area contributed by atoms with Gasteiger partial charge in [0, 0.05) is 17.5 Å². The summed E-state index contributed by atoms with van der Waals surface area (Å²) < 4.78 is 1.30. The molecule has 0 unspecified atom stereocenters. The highest BCUT2D eigenvalue weighted by molar-refractivity contribution is 6.03. The van der Waals surface area contributed by atoms with E-state index in [9.17, 15) is 4.79 Å². The Morgan fingerprint density at radius 2 is 2.10 bits per heavy atom. The number of hydrogen-bond acceptors (Lipinski definition) is 4. The zero-order valence-electron chi connectivity index (χ0n) is 11.2. The van der Waals surface area contributed by atoms with E-state index >= 15 is 0 Å². The Morgan fingerprint density at radius 3 is 2.76 bits per heavy atom. The molecule has 0 saturated heterocycles. The number of aromatic nitrogens is 2. The predicted octanol–water partition coefficient (Wildman–Crippen LogP) is 2.76. The first-order valence-corrected chi connectivity index (χ1v) is 6.58. The van der Waals surface area contributed by atoms with Crippen LogP contribution in [0.5, 0.6) is 0 Å². The molecule has 0 amide bonds. The van der Waals surface area contributed by atoms with E-state index in [4.69, 9.17) is 5.53 Å². The second-order valence-corrected chi connectivity index (χ2v) is 4.59. The zero-order chi connectivity index (χ0) is 14.7. The molecule has 7 heteroatoms. The van der Waals surface area contributed by atoms with E-state index in [1.54, 1.807) is 12.1 Å². The van der Waals surface area contributed by atoms with Crippen LogP contribution < -0.4 is 5.56 Å².